The molecule has 2 N–H and O–H groups in total. The summed E-state index contributed by atoms with van der Waals surface area (Å²) in [5, 5.41) is 10.6. The first-order valence-corrected chi connectivity index (χ1v) is 5.87. The molecule has 0 saturated carbocycles. The van der Waals surface area contributed by atoms with Gasteiger partial charge >= 0.3 is 0 Å². The number of benzene rings is 1. The van der Waals surface area contributed by atoms with Crippen LogP contribution in [-0.2, 0) is 6.42 Å². The quantitative estimate of drug-likeness (QED) is 0.869. The summed E-state index contributed by atoms with van der Waals surface area (Å²) in [7, 11) is 3.29. The molecule has 0 radical (unpaired) electrons. The third kappa shape index (κ3) is 1.51. The SMILES string of the molecule is COc1cccc(-c2[nH]nc3c2CCN3)c1OC. The highest BCUT2D eigenvalue weighted by Gasteiger charge is 2.22. The number of nitrogens with zero attached hydrogens (tertiary/aromatic N) is 1. The van der Waals surface area contributed by atoms with Gasteiger partial charge in [0.25, 0.3) is 0 Å². The first kappa shape index (κ1) is 11.0. The standard InChI is InChI=1S/C13H15N3O2/c1-17-10-5-3-4-8(12(10)18-2)11-9-6-7-14-13(9)16-15-11/h3-5H,6-7H2,1-2H3,(H2,14,15,16). The highest BCUT2D eigenvalue weighted by atomic mass is 16.5. The van der Waals surface area contributed by atoms with Crippen LogP contribution in [0.15, 0.2) is 18.2 Å². The number of aromatic nitrogens is 2. The molecule has 5 nitrogen and oxygen atoms in total. The summed E-state index contributed by atoms with van der Waals surface area (Å²) >= 11 is 0. The number of hydrogen-bond acceptors (Lipinski definition) is 4. The van der Waals surface area contributed by atoms with E-state index in [-0.39, 0.29) is 0 Å². The predicted octanol–water partition coefficient (Wildman–Crippen LogP) is 2.06. The van der Waals surface area contributed by atoms with E-state index in [0.29, 0.717) is 0 Å². The molecule has 0 aliphatic carbocycles. The number of H-pyrrole nitrogens is 1. The minimum atomic E-state index is 0.726. The Morgan fingerprint density at radius 2 is 2.11 bits per heavy atom. The molecule has 0 atom stereocenters. The zero-order valence-electron chi connectivity index (χ0n) is 10.4. The lowest BCUT2D eigenvalue weighted by Crippen LogP contribution is -1.96. The van der Waals surface area contributed by atoms with Gasteiger partial charge in [-0.15, -0.1) is 0 Å². The van der Waals surface area contributed by atoms with Gasteiger partial charge in [0.05, 0.1) is 19.9 Å². The second-order valence-electron chi connectivity index (χ2n) is 4.14. The summed E-state index contributed by atoms with van der Waals surface area (Å²) in [5.41, 5.74) is 3.20. The normalized spacial score (nSPS) is 13.0. The van der Waals surface area contributed by atoms with Crippen LogP contribution in [0.2, 0.25) is 0 Å². The van der Waals surface area contributed by atoms with Gasteiger partial charge in [-0.3, -0.25) is 5.10 Å². The number of ether oxygens (including phenoxy) is 2. The predicted molar refractivity (Wildman–Crippen MR) is 69.3 cm³/mol. The lowest BCUT2D eigenvalue weighted by molar-refractivity contribution is 0.356. The Bertz CT molecular complexity index is 578. The molecule has 0 spiro atoms. The first-order valence-electron chi connectivity index (χ1n) is 5.87. The van der Waals surface area contributed by atoms with Crippen LogP contribution >= 0.6 is 0 Å². The average molecular weight is 245 g/mol. The van der Waals surface area contributed by atoms with Crippen LogP contribution in [0.25, 0.3) is 11.3 Å². The number of nitrogens with one attached hydrogen (secondary N) is 2. The van der Waals surface area contributed by atoms with Gasteiger partial charge in [-0.25, -0.2) is 0 Å². The maximum Gasteiger partial charge on any atom is 0.170 e. The molecule has 0 bridgehead atoms. The van der Waals surface area contributed by atoms with Crippen molar-refractivity contribution in [2.24, 2.45) is 0 Å². The van der Waals surface area contributed by atoms with Crippen molar-refractivity contribution < 1.29 is 9.47 Å². The monoisotopic (exact) mass is 245 g/mol. The molecule has 1 aliphatic heterocycles. The second kappa shape index (κ2) is 4.25. The molecule has 0 amide bonds. The number of anilines is 1. The summed E-state index contributed by atoms with van der Waals surface area (Å²) in [5.74, 6) is 2.40. The van der Waals surface area contributed by atoms with Gasteiger partial charge in [-0.05, 0) is 18.6 Å². The molecular formula is C13H15N3O2. The van der Waals surface area contributed by atoms with Crippen LogP contribution in [0.3, 0.4) is 0 Å². The average Bonchev–Trinajstić information content (AvgIpc) is 3.00. The van der Waals surface area contributed by atoms with Crippen LogP contribution in [0, 0.1) is 0 Å². The van der Waals surface area contributed by atoms with Crippen LogP contribution in [0.5, 0.6) is 11.5 Å². The molecule has 3 rings (SSSR count). The molecule has 1 aliphatic rings. The van der Waals surface area contributed by atoms with Crippen molar-refractivity contribution in [1.29, 1.82) is 0 Å². The van der Waals surface area contributed by atoms with Crippen molar-refractivity contribution in [3.05, 3.63) is 23.8 Å². The number of rotatable bonds is 3. The summed E-state index contributed by atoms with van der Waals surface area (Å²) in [6.07, 6.45) is 0.974. The van der Waals surface area contributed by atoms with E-state index in [9.17, 15) is 0 Å². The molecule has 2 heterocycles. The molecule has 1 aromatic heterocycles. The Morgan fingerprint density at radius 3 is 2.89 bits per heavy atom. The van der Waals surface area contributed by atoms with E-state index >= 15 is 0 Å². The number of methoxy groups -OCH3 is 2. The van der Waals surface area contributed by atoms with Gasteiger partial charge in [-0.2, -0.15) is 5.10 Å². The lowest BCUT2D eigenvalue weighted by Gasteiger charge is -2.12. The van der Waals surface area contributed by atoms with E-state index in [1.54, 1.807) is 14.2 Å². The van der Waals surface area contributed by atoms with Crippen molar-refractivity contribution in [3.8, 4) is 22.8 Å². The fourth-order valence-corrected chi connectivity index (χ4v) is 2.37. The number of fused-ring (bicyclic) bond motifs is 1. The minimum Gasteiger partial charge on any atom is -0.493 e. The van der Waals surface area contributed by atoms with E-state index in [1.165, 1.54) is 5.56 Å². The molecule has 18 heavy (non-hydrogen) atoms. The van der Waals surface area contributed by atoms with E-state index < -0.39 is 0 Å². The van der Waals surface area contributed by atoms with E-state index in [1.807, 2.05) is 18.2 Å². The van der Waals surface area contributed by atoms with E-state index in [2.05, 4.69) is 15.5 Å². The third-order valence-electron chi connectivity index (χ3n) is 3.21. The van der Waals surface area contributed by atoms with Gasteiger partial charge in [-0.1, -0.05) is 6.07 Å². The van der Waals surface area contributed by atoms with Gasteiger partial charge < -0.3 is 14.8 Å². The number of hydrogen-bond donors (Lipinski definition) is 2. The summed E-state index contributed by atoms with van der Waals surface area (Å²) in [4.78, 5) is 0. The maximum atomic E-state index is 5.46. The zero-order chi connectivity index (χ0) is 12.5. The Labute approximate surface area is 105 Å². The van der Waals surface area contributed by atoms with Gasteiger partial charge in [0.1, 0.15) is 0 Å². The molecule has 94 valence electrons. The Hall–Kier alpha value is -2.17. The van der Waals surface area contributed by atoms with Gasteiger partial charge in [0.15, 0.2) is 17.3 Å². The van der Waals surface area contributed by atoms with Crippen molar-refractivity contribution in [1.82, 2.24) is 10.2 Å². The molecule has 1 aromatic carbocycles. The highest BCUT2D eigenvalue weighted by Crippen LogP contribution is 2.40. The fourth-order valence-electron chi connectivity index (χ4n) is 2.37. The largest absolute Gasteiger partial charge is 0.493 e. The number of para-hydroxylation sites is 1. The summed E-state index contributed by atoms with van der Waals surface area (Å²) < 4.78 is 10.8. The Kier molecular flexibility index (Phi) is 2.59. The Morgan fingerprint density at radius 1 is 1.22 bits per heavy atom. The minimum absolute atomic E-state index is 0.726. The fraction of sp³-hybridized carbons (Fsp3) is 0.308. The molecule has 5 heteroatoms. The van der Waals surface area contributed by atoms with Crippen molar-refractivity contribution in [3.63, 3.8) is 0 Å². The van der Waals surface area contributed by atoms with E-state index in [4.69, 9.17) is 9.47 Å². The maximum absolute atomic E-state index is 5.46. The first-order chi connectivity index (χ1) is 8.85. The summed E-state index contributed by atoms with van der Waals surface area (Å²) in [6.45, 7) is 0.936. The van der Waals surface area contributed by atoms with Crippen LogP contribution in [0.4, 0.5) is 5.82 Å². The van der Waals surface area contributed by atoms with Crippen molar-refractivity contribution in [2.75, 3.05) is 26.1 Å². The topological polar surface area (TPSA) is 59.2 Å². The molecule has 2 aromatic rings. The second-order valence-corrected chi connectivity index (χ2v) is 4.14. The number of aromatic amines is 1. The lowest BCUT2D eigenvalue weighted by atomic mass is 10.1. The molecule has 0 fully saturated rings. The van der Waals surface area contributed by atoms with Crippen molar-refractivity contribution >= 4 is 5.82 Å². The molecule has 0 saturated heterocycles. The van der Waals surface area contributed by atoms with Gasteiger partial charge in [0.2, 0.25) is 0 Å². The van der Waals surface area contributed by atoms with Crippen LogP contribution < -0.4 is 14.8 Å². The molecular weight excluding hydrogens is 230 g/mol. The zero-order valence-corrected chi connectivity index (χ0v) is 10.4. The van der Waals surface area contributed by atoms with E-state index in [0.717, 1.165) is 41.5 Å². The summed E-state index contributed by atoms with van der Waals surface area (Å²) in [6, 6.07) is 5.84. The van der Waals surface area contributed by atoms with Crippen LogP contribution in [-0.4, -0.2) is 31.0 Å². The Balaban J connectivity index is 2.16. The smallest absolute Gasteiger partial charge is 0.170 e. The third-order valence-corrected chi connectivity index (χ3v) is 3.21. The van der Waals surface area contributed by atoms with Crippen molar-refractivity contribution in [2.45, 2.75) is 6.42 Å². The van der Waals surface area contributed by atoms with Gasteiger partial charge in [0, 0.05) is 17.7 Å². The highest BCUT2D eigenvalue weighted by molar-refractivity contribution is 5.77. The van der Waals surface area contributed by atoms with Crippen LogP contribution in [0.1, 0.15) is 5.56 Å². The molecule has 0 unspecified atom stereocenters.